The molecule has 0 atom stereocenters. The summed E-state index contributed by atoms with van der Waals surface area (Å²) in [6.45, 7) is 0. The summed E-state index contributed by atoms with van der Waals surface area (Å²) in [5, 5.41) is 8.30. The Labute approximate surface area is 228 Å². The van der Waals surface area contributed by atoms with E-state index in [-0.39, 0.29) is 29.3 Å². The van der Waals surface area contributed by atoms with Crippen LogP contribution in [0.5, 0.6) is 0 Å². The maximum atomic E-state index is 13.2. The Morgan fingerprint density at radius 3 is 1.73 bits per heavy atom. The molecule has 40 heavy (non-hydrogen) atoms. The quantitative estimate of drug-likeness (QED) is 0.285. The van der Waals surface area contributed by atoms with Gasteiger partial charge in [-0.15, -0.1) is 10.2 Å². The van der Waals surface area contributed by atoms with Crippen LogP contribution in [0.4, 0.5) is 20.7 Å². The third kappa shape index (κ3) is 5.47. The Kier molecular flexibility index (Phi) is 6.94. The van der Waals surface area contributed by atoms with Crippen LogP contribution in [0.15, 0.2) is 58.8 Å². The van der Waals surface area contributed by atoms with Gasteiger partial charge in [-0.2, -0.15) is 38.9 Å². The molecule has 14 nitrogen and oxygen atoms in total. The summed E-state index contributed by atoms with van der Waals surface area (Å²) in [6.07, 6.45) is 2.80. The summed E-state index contributed by atoms with van der Waals surface area (Å²) >= 11 is 1.36. The van der Waals surface area contributed by atoms with Crippen LogP contribution in [0.1, 0.15) is 0 Å². The highest BCUT2D eigenvalue weighted by Crippen LogP contribution is 2.20. The molecule has 4 N–H and O–H groups in total. The van der Waals surface area contributed by atoms with Crippen LogP contribution in [0.25, 0.3) is 34.3 Å². The molecule has 18 heteroatoms. The molecular formula is C22H18F2N12O2S2. The standard InChI is InChI=1S/C11H9FN6O2S.C11H9FN6S/c1-21(19,20)11-15-9(13)18-10(16-11)14-8(17-18)6-3-2-4-7(12)5-6;1-19-11-15-9(13)18-10(16-11)14-8(17-18)6-3-2-4-7(12)5-6/h2-5H,1H3,(H2,13,14,15,16,17);2-5H,1H3,(H2,13,14,15,16,17). The summed E-state index contributed by atoms with van der Waals surface area (Å²) in [6, 6.07) is 11.7. The first-order valence-electron chi connectivity index (χ1n) is 11.1. The average Bonchev–Trinajstić information content (AvgIpc) is 3.54. The molecule has 0 bridgehead atoms. The molecule has 204 valence electrons. The van der Waals surface area contributed by atoms with Gasteiger partial charge >= 0.3 is 0 Å². The molecule has 4 heterocycles. The number of halogens is 2. The molecule has 6 rings (SSSR count). The number of hydrogen-bond acceptors (Lipinski definition) is 13. The summed E-state index contributed by atoms with van der Waals surface area (Å²) in [7, 11) is -3.62. The maximum Gasteiger partial charge on any atom is 0.258 e. The number of nitrogens with two attached hydrogens (primary N) is 2. The first-order chi connectivity index (χ1) is 19.0. The van der Waals surface area contributed by atoms with Crippen molar-refractivity contribution in [2.75, 3.05) is 24.0 Å². The lowest BCUT2D eigenvalue weighted by molar-refractivity contribution is 0.592. The van der Waals surface area contributed by atoms with Crippen molar-refractivity contribution in [3.05, 3.63) is 60.2 Å². The number of anilines is 2. The van der Waals surface area contributed by atoms with E-state index in [9.17, 15) is 17.2 Å². The fraction of sp³-hybridized carbons (Fsp3) is 0.0909. The van der Waals surface area contributed by atoms with Crippen LogP contribution in [-0.2, 0) is 9.84 Å². The second kappa shape index (κ2) is 10.4. The Morgan fingerprint density at radius 2 is 1.25 bits per heavy atom. The van der Waals surface area contributed by atoms with Gasteiger partial charge in [0.2, 0.25) is 21.7 Å². The predicted octanol–water partition coefficient (Wildman–Crippen LogP) is 1.94. The molecule has 0 unspecified atom stereocenters. The van der Waals surface area contributed by atoms with E-state index in [1.165, 1.54) is 46.6 Å². The van der Waals surface area contributed by atoms with Crippen molar-refractivity contribution in [1.82, 2.24) is 49.1 Å². The van der Waals surface area contributed by atoms with Crippen molar-refractivity contribution in [3.63, 3.8) is 0 Å². The number of nitrogens with zero attached hydrogens (tertiary/aromatic N) is 10. The number of thioether (sulfide) groups is 1. The van der Waals surface area contributed by atoms with Gasteiger partial charge in [-0.25, -0.2) is 17.2 Å². The Balaban J connectivity index is 0.000000162. The van der Waals surface area contributed by atoms with Crippen molar-refractivity contribution in [1.29, 1.82) is 0 Å². The summed E-state index contributed by atoms with van der Waals surface area (Å²) < 4.78 is 51.8. The number of hydrogen-bond donors (Lipinski definition) is 2. The average molecular weight is 585 g/mol. The predicted molar refractivity (Wildman–Crippen MR) is 142 cm³/mol. The first-order valence-corrected chi connectivity index (χ1v) is 14.2. The van der Waals surface area contributed by atoms with Crippen LogP contribution in [0.2, 0.25) is 0 Å². The number of nitrogen functional groups attached to an aromatic ring is 2. The number of fused-ring (bicyclic) bond motifs is 2. The normalized spacial score (nSPS) is 11.5. The number of benzene rings is 2. The largest absolute Gasteiger partial charge is 0.368 e. The van der Waals surface area contributed by atoms with Crippen molar-refractivity contribution < 1.29 is 17.2 Å². The van der Waals surface area contributed by atoms with Gasteiger partial charge < -0.3 is 11.5 Å². The van der Waals surface area contributed by atoms with E-state index in [4.69, 9.17) is 11.5 Å². The first kappa shape index (κ1) is 26.8. The van der Waals surface area contributed by atoms with Gasteiger partial charge in [0.1, 0.15) is 11.6 Å². The fourth-order valence-corrected chi connectivity index (χ4v) is 4.19. The van der Waals surface area contributed by atoms with E-state index in [2.05, 4.69) is 40.1 Å². The monoisotopic (exact) mass is 584 g/mol. The lowest BCUT2D eigenvalue weighted by Gasteiger charge is -1.99. The minimum atomic E-state index is -3.62. The highest BCUT2D eigenvalue weighted by Gasteiger charge is 2.18. The molecule has 0 radical (unpaired) electrons. The van der Waals surface area contributed by atoms with Gasteiger partial charge in [0, 0.05) is 17.4 Å². The summed E-state index contributed by atoms with van der Waals surface area (Å²) in [5.41, 5.74) is 12.4. The topological polar surface area (TPSA) is 198 Å². The molecule has 6 aromatic rings. The van der Waals surface area contributed by atoms with E-state index in [1.54, 1.807) is 18.2 Å². The maximum absolute atomic E-state index is 13.2. The molecule has 0 aliphatic rings. The van der Waals surface area contributed by atoms with Crippen LogP contribution in [-0.4, -0.2) is 70.1 Å². The van der Waals surface area contributed by atoms with Gasteiger partial charge in [0.05, 0.1) is 0 Å². The van der Waals surface area contributed by atoms with E-state index in [1.807, 2.05) is 6.26 Å². The molecule has 4 aromatic heterocycles. The smallest absolute Gasteiger partial charge is 0.258 e. The van der Waals surface area contributed by atoms with Crippen molar-refractivity contribution >= 4 is 45.1 Å². The molecule has 0 fully saturated rings. The van der Waals surface area contributed by atoms with Crippen molar-refractivity contribution in [2.24, 2.45) is 0 Å². The molecular weight excluding hydrogens is 566 g/mol. The van der Waals surface area contributed by atoms with Crippen LogP contribution in [0.3, 0.4) is 0 Å². The molecule has 0 saturated heterocycles. The van der Waals surface area contributed by atoms with Gasteiger partial charge in [0.15, 0.2) is 16.8 Å². The SMILES string of the molecule is CS(=O)(=O)c1nc(N)n2nc(-c3cccc(F)c3)nc2n1.CSc1nc(N)n2nc(-c3cccc(F)c3)nc2n1. The second-order valence-electron chi connectivity index (χ2n) is 8.02. The minimum absolute atomic E-state index is 0.0258. The Hall–Kier alpha value is -4.84. The van der Waals surface area contributed by atoms with Gasteiger partial charge in [-0.1, -0.05) is 36.0 Å². The van der Waals surface area contributed by atoms with Gasteiger partial charge in [0.25, 0.3) is 16.7 Å². The lowest BCUT2D eigenvalue weighted by atomic mass is 10.2. The highest BCUT2D eigenvalue weighted by molar-refractivity contribution is 7.98. The molecule has 0 saturated carbocycles. The Bertz CT molecular complexity index is 2000. The number of sulfone groups is 1. The third-order valence-corrected chi connectivity index (χ3v) is 6.50. The van der Waals surface area contributed by atoms with E-state index >= 15 is 0 Å². The molecule has 2 aromatic carbocycles. The zero-order chi connectivity index (χ0) is 28.6. The molecule has 0 spiro atoms. The van der Waals surface area contributed by atoms with Crippen molar-refractivity contribution in [2.45, 2.75) is 10.3 Å². The molecule has 0 amide bonds. The summed E-state index contributed by atoms with van der Waals surface area (Å²) in [4.78, 5) is 24.0. The summed E-state index contributed by atoms with van der Waals surface area (Å²) in [5.74, 6) is 0.0840. The zero-order valence-electron chi connectivity index (χ0n) is 20.6. The minimum Gasteiger partial charge on any atom is -0.368 e. The van der Waals surface area contributed by atoms with E-state index < -0.39 is 20.8 Å². The van der Waals surface area contributed by atoms with Crippen LogP contribution >= 0.6 is 11.8 Å². The van der Waals surface area contributed by atoms with Crippen molar-refractivity contribution in [3.8, 4) is 22.8 Å². The second-order valence-corrected chi connectivity index (χ2v) is 10.7. The van der Waals surface area contributed by atoms with E-state index in [0.29, 0.717) is 27.9 Å². The van der Waals surface area contributed by atoms with E-state index in [0.717, 1.165) is 10.8 Å². The van der Waals surface area contributed by atoms with Crippen LogP contribution in [0, 0.1) is 11.6 Å². The molecule has 0 aliphatic heterocycles. The van der Waals surface area contributed by atoms with Gasteiger partial charge in [-0.05, 0) is 30.5 Å². The number of rotatable bonds is 4. The highest BCUT2D eigenvalue weighted by atomic mass is 32.2. The Morgan fingerprint density at radius 1 is 0.750 bits per heavy atom. The lowest BCUT2D eigenvalue weighted by Crippen LogP contribution is -2.11. The molecule has 0 aliphatic carbocycles. The number of aromatic nitrogens is 10. The zero-order valence-corrected chi connectivity index (χ0v) is 22.3. The van der Waals surface area contributed by atoms with Gasteiger partial charge in [-0.3, -0.25) is 0 Å². The fourth-order valence-electron chi connectivity index (χ4n) is 3.33. The third-order valence-electron chi connectivity index (χ3n) is 5.11. The van der Waals surface area contributed by atoms with Crippen LogP contribution < -0.4 is 11.5 Å².